The van der Waals surface area contributed by atoms with Crippen LogP contribution in [0.25, 0.3) is 11.0 Å². The number of benzene rings is 1. The summed E-state index contributed by atoms with van der Waals surface area (Å²) in [6, 6.07) is 14.2. The molecule has 4 heteroatoms. The summed E-state index contributed by atoms with van der Waals surface area (Å²) in [5, 5.41) is 3.06. The molecule has 2 aromatic heterocycles. The molecule has 0 fully saturated rings. The number of nitrogens with zero attached hydrogens (tertiary/aromatic N) is 3. The van der Waals surface area contributed by atoms with Crippen LogP contribution < -0.4 is 5.32 Å². The molecule has 0 amide bonds. The molecule has 1 N–H and O–H groups in total. The van der Waals surface area contributed by atoms with E-state index in [9.17, 15) is 0 Å². The van der Waals surface area contributed by atoms with E-state index in [1.165, 1.54) is 0 Å². The van der Waals surface area contributed by atoms with Gasteiger partial charge in [0.15, 0.2) is 0 Å². The Balaban J connectivity index is 1.98. The summed E-state index contributed by atoms with van der Waals surface area (Å²) in [5.41, 5.74) is 3.21. The first-order valence-corrected chi connectivity index (χ1v) is 6.32. The fraction of sp³-hybridized carbons (Fsp3) is 0.200. The highest BCUT2D eigenvalue weighted by Crippen LogP contribution is 2.16. The van der Waals surface area contributed by atoms with E-state index in [4.69, 9.17) is 0 Å². The van der Waals surface area contributed by atoms with Crippen molar-refractivity contribution >= 4 is 16.9 Å². The largest absolute Gasteiger partial charge is 0.373 e. The van der Waals surface area contributed by atoms with Gasteiger partial charge in [-0.3, -0.25) is 0 Å². The molecule has 0 spiro atoms. The van der Waals surface area contributed by atoms with Gasteiger partial charge in [-0.15, -0.1) is 0 Å². The molecule has 3 rings (SSSR count). The molecule has 2 heterocycles. The number of anilines is 1. The molecule has 0 radical (unpaired) electrons. The Kier molecular flexibility index (Phi) is 2.91. The topological polar surface area (TPSA) is 42.7 Å². The van der Waals surface area contributed by atoms with Gasteiger partial charge in [-0.05, 0) is 24.3 Å². The van der Waals surface area contributed by atoms with E-state index in [1.54, 1.807) is 0 Å². The van der Waals surface area contributed by atoms with Gasteiger partial charge in [-0.25, -0.2) is 9.97 Å². The number of imidazole rings is 1. The van der Waals surface area contributed by atoms with Crippen molar-refractivity contribution in [1.29, 1.82) is 0 Å². The maximum absolute atomic E-state index is 4.67. The molecule has 0 aliphatic carbocycles. The minimum atomic E-state index is 0.737. The van der Waals surface area contributed by atoms with E-state index in [-0.39, 0.29) is 0 Å². The predicted molar refractivity (Wildman–Crippen MR) is 77.3 cm³/mol. The van der Waals surface area contributed by atoms with Crippen LogP contribution in [0.4, 0.5) is 5.82 Å². The number of hydrogen-bond donors (Lipinski definition) is 1. The maximum atomic E-state index is 4.67. The number of aromatic nitrogens is 3. The summed E-state index contributed by atoms with van der Waals surface area (Å²) in [5.74, 6) is 1.92. The van der Waals surface area contributed by atoms with Crippen molar-refractivity contribution in [3.05, 3.63) is 54.0 Å². The Morgan fingerprint density at radius 1 is 1.05 bits per heavy atom. The van der Waals surface area contributed by atoms with Gasteiger partial charge >= 0.3 is 0 Å². The number of fused-ring (bicyclic) bond motifs is 1. The third-order valence-electron chi connectivity index (χ3n) is 3.28. The number of aryl methyl sites for hydroxylation is 1. The molecule has 0 atom stereocenters. The lowest BCUT2D eigenvalue weighted by Crippen LogP contribution is -2.02. The van der Waals surface area contributed by atoms with Crippen LogP contribution in [0.15, 0.2) is 42.5 Å². The highest BCUT2D eigenvalue weighted by molar-refractivity contribution is 5.75. The number of hydrogen-bond acceptors (Lipinski definition) is 3. The third kappa shape index (κ3) is 2.17. The second-order valence-electron chi connectivity index (χ2n) is 4.52. The Labute approximate surface area is 112 Å². The van der Waals surface area contributed by atoms with Crippen LogP contribution in [0.5, 0.6) is 0 Å². The van der Waals surface area contributed by atoms with E-state index in [0.717, 1.165) is 34.8 Å². The van der Waals surface area contributed by atoms with Crippen molar-refractivity contribution in [2.24, 2.45) is 7.05 Å². The lowest BCUT2D eigenvalue weighted by atomic mass is 10.2. The normalized spacial score (nSPS) is 10.8. The highest BCUT2D eigenvalue weighted by atomic mass is 15.1. The Hall–Kier alpha value is -2.36. The number of rotatable bonds is 3. The number of nitrogens with one attached hydrogen (secondary N) is 1. The Bertz CT molecular complexity index is 715. The number of para-hydroxylation sites is 2. The van der Waals surface area contributed by atoms with Gasteiger partial charge in [0.2, 0.25) is 0 Å². The van der Waals surface area contributed by atoms with E-state index < -0.39 is 0 Å². The summed E-state index contributed by atoms with van der Waals surface area (Å²) >= 11 is 0. The first kappa shape index (κ1) is 11.7. The lowest BCUT2D eigenvalue weighted by Gasteiger charge is -2.04. The van der Waals surface area contributed by atoms with E-state index in [1.807, 2.05) is 50.5 Å². The molecule has 0 saturated heterocycles. The summed E-state index contributed by atoms with van der Waals surface area (Å²) in [7, 11) is 3.92. The highest BCUT2D eigenvalue weighted by Gasteiger charge is 2.08. The molecule has 0 bridgehead atoms. The quantitative estimate of drug-likeness (QED) is 0.779. The fourth-order valence-corrected chi connectivity index (χ4v) is 2.23. The van der Waals surface area contributed by atoms with Crippen LogP contribution in [0.1, 0.15) is 11.5 Å². The SMILES string of the molecule is CNc1cccc(Cc2nc3ccccc3n2C)n1. The summed E-state index contributed by atoms with van der Waals surface area (Å²) in [6.07, 6.45) is 0.737. The molecular formula is C15H16N4. The molecule has 0 saturated carbocycles. The van der Waals surface area contributed by atoms with Crippen molar-refractivity contribution in [3.8, 4) is 0 Å². The summed E-state index contributed by atoms with van der Waals surface area (Å²) < 4.78 is 2.13. The van der Waals surface area contributed by atoms with E-state index >= 15 is 0 Å². The van der Waals surface area contributed by atoms with Gasteiger partial charge in [0.1, 0.15) is 11.6 Å². The van der Waals surface area contributed by atoms with E-state index in [0.29, 0.717) is 0 Å². The lowest BCUT2D eigenvalue weighted by molar-refractivity contribution is 0.833. The monoisotopic (exact) mass is 252 g/mol. The molecule has 1 aromatic carbocycles. The average molecular weight is 252 g/mol. The van der Waals surface area contributed by atoms with Crippen LogP contribution in [0.3, 0.4) is 0 Å². The van der Waals surface area contributed by atoms with Crippen LogP contribution >= 0.6 is 0 Å². The second-order valence-corrected chi connectivity index (χ2v) is 4.52. The first-order valence-electron chi connectivity index (χ1n) is 6.32. The van der Waals surface area contributed by atoms with Crippen molar-refractivity contribution in [1.82, 2.24) is 14.5 Å². The van der Waals surface area contributed by atoms with Gasteiger partial charge in [-0.2, -0.15) is 0 Å². The van der Waals surface area contributed by atoms with Gasteiger partial charge in [-0.1, -0.05) is 18.2 Å². The minimum absolute atomic E-state index is 0.737. The number of pyridine rings is 1. The van der Waals surface area contributed by atoms with Gasteiger partial charge < -0.3 is 9.88 Å². The van der Waals surface area contributed by atoms with Crippen LogP contribution in [0.2, 0.25) is 0 Å². The van der Waals surface area contributed by atoms with Crippen molar-refractivity contribution in [2.75, 3.05) is 12.4 Å². The Morgan fingerprint density at radius 3 is 2.68 bits per heavy atom. The minimum Gasteiger partial charge on any atom is -0.373 e. The molecular weight excluding hydrogens is 236 g/mol. The zero-order chi connectivity index (χ0) is 13.2. The van der Waals surface area contributed by atoms with Gasteiger partial charge in [0.25, 0.3) is 0 Å². The Morgan fingerprint density at radius 2 is 1.89 bits per heavy atom. The van der Waals surface area contributed by atoms with E-state index in [2.05, 4.69) is 25.9 Å². The molecule has 0 aliphatic rings. The average Bonchev–Trinajstić information content (AvgIpc) is 2.76. The second kappa shape index (κ2) is 4.72. The summed E-state index contributed by atoms with van der Waals surface area (Å²) in [4.78, 5) is 9.20. The van der Waals surface area contributed by atoms with Crippen molar-refractivity contribution < 1.29 is 0 Å². The fourth-order valence-electron chi connectivity index (χ4n) is 2.23. The third-order valence-corrected chi connectivity index (χ3v) is 3.28. The van der Waals surface area contributed by atoms with Crippen molar-refractivity contribution in [2.45, 2.75) is 6.42 Å². The van der Waals surface area contributed by atoms with Crippen LogP contribution in [0, 0.1) is 0 Å². The molecule has 3 aromatic rings. The zero-order valence-corrected chi connectivity index (χ0v) is 11.1. The van der Waals surface area contributed by atoms with Gasteiger partial charge in [0, 0.05) is 20.5 Å². The van der Waals surface area contributed by atoms with Crippen molar-refractivity contribution in [3.63, 3.8) is 0 Å². The summed E-state index contributed by atoms with van der Waals surface area (Å²) in [6.45, 7) is 0. The zero-order valence-electron chi connectivity index (χ0n) is 11.1. The van der Waals surface area contributed by atoms with Crippen LogP contribution in [-0.4, -0.2) is 21.6 Å². The molecule has 0 unspecified atom stereocenters. The van der Waals surface area contributed by atoms with Crippen LogP contribution in [-0.2, 0) is 13.5 Å². The molecule has 4 nitrogen and oxygen atoms in total. The maximum Gasteiger partial charge on any atom is 0.125 e. The predicted octanol–water partition coefficient (Wildman–Crippen LogP) is 2.60. The molecule has 19 heavy (non-hydrogen) atoms. The first-order chi connectivity index (χ1) is 9.28. The molecule has 96 valence electrons. The standard InChI is InChI=1S/C15H16N4/c1-16-14-9-5-6-11(17-14)10-15-18-12-7-3-4-8-13(12)19(15)2/h3-9H,10H2,1-2H3,(H,16,17). The molecule has 0 aliphatic heterocycles. The van der Waals surface area contributed by atoms with Gasteiger partial charge in [0.05, 0.1) is 16.7 Å². The smallest absolute Gasteiger partial charge is 0.125 e.